The number of rotatable bonds is 3. The summed E-state index contributed by atoms with van der Waals surface area (Å²) in [4.78, 5) is 2.50. The van der Waals surface area contributed by atoms with Gasteiger partial charge in [-0.1, -0.05) is 85.0 Å². The van der Waals surface area contributed by atoms with Gasteiger partial charge in [0.15, 0.2) is 0 Å². The molecule has 2 aliphatic heterocycles. The predicted octanol–water partition coefficient (Wildman–Crippen LogP) is 9.43. The Kier molecular flexibility index (Phi) is 6.01. The van der Waals surface area contributed by atoms with Crippen LogP contribution in [-0.2, 0) is 4.74 Å². The lowest BCUT2D eigenvalue weighted by molar-refractivity contribution is 0.169. The van der Waals surface area contributed by atoms with Crippen LogP contribution in [0, 0.1) is 34.5 Å². The van der Waals surface area contributed by atoms with Crippen LogP contribution in [-0.4, -0.2) is 16.7 Å². The third-order valence-corrected chi connectivity index (χ3v) is 10.9. The minimum Gasteiger partial charge on any atom is -0.483 e. The Hall–Kier alpha value is -6.30. The van der Waals surface area contributed by atoms with Crippen molar-refractivity contribution in [3.63, 3.8) is 0 Å². The van der Waals surface area contributed by atoms with E-state index in [9.17, 15) is 10.5 Å². The Morgan fingerprint density at radius 2 is 1.53 bits per heavy atom. The zero-order chi connectivity index (χ0) is 32.6. The number of fused-ring (bicyclic) bond motifs is 8. The van der Waals surface area contributed by atoms with Gasteiger partial charge >= 0.3 is 0 Å². The number of aromatic nitrogens is 1. The number of ether oxygens (including phenoxy) is 1. The number of para-hydroxylation sites is 3. The van der Waals surface area contributed by atoms with Gasteiger partial charge in [-0.2, -0.15) is 10.5 Å². The highest BCUT2D eigenvalue weighted by Crippen LogP contribution is 2.54. The molecule has 49 heavy (non-hydrogen) atoms. The fourth-order valence-electron chi connectivity index (χ4n) is 8.82. The van der Waals surface area contributed by atoms with Gasteiger partial charge in [0.25, 0.3) is 0 Å². The molecule has 1 aromatic heterocycles. The third kappa shape index (κ3) is 3.97. The molecule has 4 aromatic carbocycles. The highest BCUT2D eigenvalue weighted by molar-refractivity contribution is 6.10. The Morgan fingerprint density at radius 1 is 0.714 bits per heavy atom. The largest absolute Gasteiger partial charge is 0.483 e. The molecule has 3 aliphatic carbocycles. The smallest absolute Gasteiger partial charge is 0.143 e. The Bertz CT molecular complexity index is 2530. The average Bonchev–Trinajstić information content (AvgIpc) is 3.82. The first-order valence-electron chi connectivity index (χ1n) is 16.9. The molecule has 0 fully saturated rings. The maximum atomic E-state index is 10.5. The summed E-state index contributed by atoms with van der Waals surface area (Å²) >= 11 is 0. The van der Waals surface area contributed by atoms with Crippen LogP contribution in [0.3, 0.4) is 0 Å². The summed E-state index contributed by atoms with van der Waals surface area (Å²) in [5, 5.41) is 22.3. The molecule has 0 N–H and O–H groups in total. The number of nitrogens with zero attached hydrogens (tertiary/aromatic N) is 4. The fraction of sp³-hybridized carbons (Fsp3) is 0.136. The van der Waals surface area contributed by atoms with Crippen LogP contribution >= 0.6 is 0 Å². The molecular weight excluding hydrogens is 601 g/mol. The van der Waals surface area contributed by atoms with E-state index in [1.807, 2.05) is 42.5 Å². The van der Waals surface area contributed by atoms with Crippen molar-refractivity contribution in [3.05, 3.63) is 173 Å². The van der Waals surface area contributed by atoms with Crippen LogP contribution in [0.4, 0.5) is 5.69 Å². The SMILES string of the molecule is N#Cc1ccc2c(c1)c1ccccc1n2-c1c(C#N)cccc1C1=CC2C3=C(C4=C(CC3)C3C=CC=CC3O4)N(c3ccccc3)C2C=C1. The second-order valence-corrected chi connectivity index (χ2v) is 13.3. The molecule has 0 spiro atoms. The van der Waals surface area contributed by atoms with Crippen LogP contribution in [0.1, 0.15) is 29.5 Å². The molecular formula is C44H30N4O. The van der Waals surface area contributed by atoms with E-state index in [4.69, 9.17) is 4.74 Å². The maximum absolute atomic E-state index is 10.5. The lowest BCUT2D eigenvalue weighted by Gasteiger charge is -2.32. The molecule has 10 rings (SSSR count). The third-order valence-electron chi connectivity index (χ3n) is 10.9. The van der Waals surface area contributed by atoms with E-state index in [1.54, 1.807) is 0 Å². The van der Waals surface area contributed by atoms with E-state index < -0.39 is 0 Å². The van der Waals surface area contributed by atoms with Gasteiger partial charge in [0.05, 0.1) is 45.7 Å². The highest BCUT2D eigenvalue weighted by atomic mass is 16.5. The summed E-state index contributed by atoms with van der Waals surface area (Å²) in [5.74, 6) is 1.50. The first kappa shape index (κ1) is 27.8. The number of allylic oxidation sites excluding steroid dienone is 4. The van der Waals surface area contributed by atoms with Gasteiger partial charge in [-0.15, -0.1) is 0 Å². The quantitative estimate of drug-likeness (QED) is 0.199. The summed E-state index contributed by atoms with van der Waals surface area (Å²) in [7, 11) is 0. The standard InChI is InChI=1S/C44H30N4O/c45-25-27-17-21-40-36(23-27)32-12-4-6-15-38(32)48(40)42-29(26-46)9-8-14-31(42)28-18-22-39-37(24-28)34-19-20-35-33-13-5-7-16-41(33)49-44(35)43(34)47(39)30-10-2-1-3-11-30/h1-18,21-24,33,37,39,41H,19-20H2. The molecule has 3 heterocycles. The molecule has 0 saturated heterocycles. The monoisotopic (exact) mass is 630 g/mol. The van der Waals surface area contributed by atoms with Gasteiger partial charge in [0.2, 0.25) is 0 Å². The normalized spacial score (nSPS) is 23.1. The maximum Gasteiger partial charge on any atom is 0.143 e. The van der Waals surface area contributed by atoms with Crippen molar-refractivity contribution in [2.45, 2.75) is 25.0 Å². The molecule has 5 heteroatoms. The predicted molar refractivity (Wildman–Crippen MR) is 193 cm³/mol. The molecule has 0 saturated carbocycles. The molecule has 232 valence electrons. The van der Waals surface area contributed by atoms with Crippen molar-refractivity contribution in [2.24, 2.45) is 11.8 Å². The Morgan fingerprint density at radius 3 is 2.41 bits per heavy atom. The van der Waals surface area contributed by atoms with Gasteiger partial charge < -0.3 is 14.2 Å². The average molecular weight is 631 g/mol. The van der Waals surface area contributed by atoms with E-state index in [1.165, 1.54) is 16.8 Å². The summed E-state index contributed by atoms with van der Waals surface area (Å²) in [6.07, 6.45) is 17.8. The topological polar surface area (TPSA) is 65.0 Å². The van der Waals surface area contributed by atoms with Gasteiger partial charge in [0.1, 0.15) is 17.9 Å². The number of nitriles is 2. The van der Waals surface area contributed by atoms with E-state index in [0.717, 1.165) is 62.9 Å². The van der Waals surface area contributed by atoms with Gasteiger partial charge in [-0.25, -0.2) is 0 Å². The van der Waals surface area contributed by atoms with Crippen LogP contribution in [0.2, 0.25) is 0 Å². The molecule has 4 unspecified atom stereocenters. The van der Waals surface area contributed by atoms with Gasteiger partial charge in [0, 0.05) is 33.9 Å². The number of hydrogen-bond acceptors (Lipinski definition) is 4. The van der Waals surface area contributed by atoms with E-state index >= 15 is 0 Å². The second-order valence-electron chi connectivity index (χ2n) is 13.3. The molecule has 4 atom stereocenters. The number of benzene rings is 4. The van der Waals surface area contributed by atoms with E-state index in [0.29, 0.717) is 17.0 Å². The first-order valence-corrected chi connectivity index (χ1v) is 16.9. The fourth-order valence-corrected chi connectivity index (χ4v) is 8.82. The molecule has 0 bridgehead atoms. The van der Waals surface area contributed by atoms with Gasteiger partial charge in [-0.3, -0.25) is 0 Å². The second kappa shape index (κ2) is 10.6. The van der Waals surface area contributed by atoms with Crippen molar-refractivity contribution in [1.82, 2.24) is 4.57 Å². The van der Waals surface area contributed by atoms with Crippen molar-refractivity contribution < 1.29 is 4.74 Å². The number of hydrogen-bond donors (Lipinski definition) is 0. The molecule has 5 aliphatic rings. The van der Waals surface area contributed by atoms with Crippen molar-refractivity contribution >= 4 is 33.1 Å². The number of anilines is 1. The van der Waals surface area contributed by atoms with Gasteiger partial charge in [-0.05, 0) is 78.1 Å². The van der Waals surface area contributed by atoms with E-state index in [-0.39, 0.29) is 18.1 Å². The summed E-state index contributed by atoms with van der Waals surface area (Å²) in [6, 6.07) is 35.7. The summed E-state index contributed by atoms with van der Waals surface area (Å²) in [6.45, 7) is 0. The Labute approximate surface area is 284 Å². The minimum absolute atomic E-state index is 0.0514. The minimum atomic E-state index is 0.0514. The molecule has 5 aromatic rings. The van der Waals surface area contributed by atoms with Crippen molar-refractivity contribution in [3.8, 4) is 17.8 Å². The summed E-state index contributed by atoms with van der Waals surface area (Å²) in [5.41, 5.74) is 11.4. The van der Waals surface area contributed by atoms with Crippen molar-refractivity contribution in [2.75, 3.05) is 4.90 Å². The van der Waals surface area contributed by atoms with Crippen LogP contribution in [0.15, 0.2) is 156 Å². The van der Waals surface area contributed by atoms with Crippen LogP contribution in [0.25, 0.3) is 33.1 Å². The van der Waals surface area contributed by atoms with Crippen LogP contribution < -0.4 is 4.90 Å². The molecule has 0 radical (unpaired) electrons. The van der Waals surface area contributed by atoms with Crippen LogP contribution in [0.5, 0.6) is 0 Å². The lowest BCUT2D eigenvalue weighted by atomic mass is 9.79. The molecule has 5 nitrogen and oxygen atoms in total. The lowest BCUT2D eigenvalue weighted by Crippen LogP contribution is -2.33. The highest BCUT2D eigenvalue weighted by Gasteiger charge is 2.48. The zero-order valence-electron chi connectivity index (χ0n) is 26.6. The van der Waals surface area contributed by atoms with Crippen molar-refractivity contribution in [1.29, 1.82) is 10.5 Å². The Balaban J connectivity index is 1.17. The molecule has 0 amide bonds. The summed E-state index contributed by atoms with van der Waals surface area (Å²) < 4.78 is 9.00. The van der Waals surface area contributed by atoms with E-state index in [2.05, 4.69) is 113 Å². The zero-order valence-corrected chi connectivity index (χ0v) is 26.6. The first-order chi connectivity index (χ1) is 24.2.